The Bertz CT molecular complexity index is 1100. The molecular weight excluding hydrogens is 409 g/mol. The smallest absolute Gasteiger partial charge is 0.292 e. The van der Waals surface area contributed by atoms with Crippen LogP contribution in [0.3, 0.4) is 0 Å². The van der Waals surface area contributed by atoms with Crippen LogP contribution in [0, 0.1) is 15.9 Å². The first-order chi connectivity index (χ1) is 14.5. The number of nitrogens with one attached hydrogen (secondary N) is 3. The lowest BCUT2D eigenvalue weighted by molar-refractivity contribution is -0.383. The van der Waals surface area contributed by atoms with Gasteiger partial charge in [0, 0.05) is 28.7 Å². The van der Waals surface area contributed by atoms with Gasteiger partial charge in [-0.1, -0.05) is 23.5 Å². The molecule has 30 heavy (non-hydrogen) atoms. The second-order valence-electron chi connectivity index (χ2n) is 6.83. The van der Waals surface area contributed by atoms with Gasteiger partial charge in [-0.05, 0) is 37.1 Å². The number of carbonyl (C=O) groups excluding carboxylic acids is 1. The zero-order chi connectivity index (χ0) is 21.1. The summed E-state index contributed by atoms with van der Waals surface area (Å²) in [5.74, 6) is -0.671. The van der Waals surface area contributed by atoms with Gasteiger partial charge in [-0.2, -0.15) is 0 Å². The molecule has 0 spiro atoms. The Morgan fingerprint density at radius 1 is 1.23 bits per heavy atom. The van der Waals surface area contributed by atoms with Gasteiger partial charge >= 0.3 is 0 Å². The van der Waals surface area contributed by atoms with Crippen LogP contribution in [0.2, 0.25) is 0 Å². The number of thiazole rings is 1. The van der Waals surface area contributed by atoms with Gasteiger partial charge in [0.15, 0.2) is 5.13 Å². The Labute approximate surface area is 175 Å². The third-order valence-corrected chi connectivity index (χ3v) is 5.40. The van der Waals surface area contributed by atoms with Crippen molar-refractivity contribution in [3.8, 4) is 0 Å². The highest BCUT2D eigenvalue weighted by Gasteiger charge is 2.24. The van der Waals surface area contributed by atoms with Crippen molar-refractivity contribution in [1.29, 1.82) is 0 Å². The number of benzene rings is 2. The predicted octanol–water partition coefficient (Wildman–Crippen LogP) is 4.44. The average molecular weight is 427 g/mol. The average Bonchev–Trinajstić information content (AvgIpc) is 3.43. The molecule has 154 valence electrons. The lowest BCUT2D eigenvalue weighted by Gasteiger charge is -2.09. The molecule has 0 radical (unpaired) electrons. The van der Waals surface area contributed by atoms with Crippen LogP contribution in [0.25, 0.3) is 0 Å². The van der Waals surface area contributed by atoms with E-state index in [0.29, 0.717) is 22.9 Å². The van der Waals surface area contributed by atoms with Crippen LogP contribution in [-0.2, 0) is 6.54 Å². The summed E-state index contributed by atoms with van der Waals surface area (Å²) in [6, 6.07) is 10.7. The van der Waals surface area contributed by atoms with Crippen LogP contribution in [0.5, 0.6) is 0 Å². The van der Waals surface area contributed by atoms with Crippen LogP contribution >= 0.6 is 11.3 Å². The minimum atomic E-state index is -0.465. The summed E-state index contributed by atoms with van der Waals surface area (Å²) in [6.45, 7) is 0.293. The van der Waals surface area contributed by atoms with Crippen molar-refractivity contribution in [2.24, 2.45) is 0 Å². The molecule has 3 N–H and O–H groups in total. The minimum Gasteiger partial charge on any atom is -0.378 e. The summed E-state index contributed by atoms with van der Waals surface area (Å²) in [5, 5.41) is 20.4. The van der Waals surface area contributed by atoms with Crippen LogP contribution in [0.1, 0.15) is 28.1 Å². The molecule has 1 aromatic heterocycles. The number of halogens is 1. The molecule has 4 rings (SSSR count). The molecule has 1 amide bonds. The van der Waals surface area contributed by atoms with Crippen LogP contribution in [0.15, 0.2) is 48.7 Å². The molecule has 2 aromatic carbocycles. The molecule has 0 saturated heterocycles. The van der Waals surface area contributed by atoms with E-state index in [2.05, 4.69) is 20.9 Å². The first kappa shape index (κ1) is 19.8. The van der Waals surface area contributed by atoms with Gasteiger partial charge in [0.25, 0.3) is 11.6 Å². The largest absolute Gasteiger partial charge is 0.378 e. The molecule has 1 aliphatic carbocycles. The maximum absolute atomic E-state index is 14.1. The molecule has 10 heteroatoms. The van der Waals surface area contributed by atoms with E-state index >= 15 is 0 Å². The van der Waals surface area contributed by atoms with E-state index in [9.17, 15) is 19.3 Å². The Morgan fingerprint density at radius 3 is 2.80 bits per heavy atom. The van der Waals surface area contributed by atoms with E-state index < -0.39 is 10.7 Å². The predicted molar refractivity (Wildman–Crippen MR) is 113 cm³/mol. The van der Waals surface area contributed by atoms with Gasteiger partial charge in [-0.15, -0.1) is 0 Å². The SMILES string of the molecule is O=C(NC1CC1)c1ccc(F)c(NCc2cnc(Nc3ccccc3[N+](=O)[O-])s2)c1. The Morgan fingerprint density at radius 2 is 2.03 bits per heavy atom. The Hall–Kier alpha value is -3.53. The number of rotatable bonds is 8. The number of aromatic nitrogens is 1. The summed E-state index contributed by atoms with van der Waals surface area (Å²) < 4.78 is 14.1. The summed E-state index contributed by atoms with van der Waals surface area (Å²) >= 11 is 1.29. The molecule has 1 aliphatic rings. The number of para-hydroxylation sites is 2. The van der Waals surface area contributed by atoms with E-state index in [4.69, 9.17) is 0 Å². The van der Waals surface area contributed by atoms with E-state index in [1.165, 1.54) is 35.6 Å². The van der Waals surface area contributed by atoms with Crippen molar-refractivity contribution in [1.82, 2.24) is 10.3 Å². The summed E-state index contributed by atoms with van der Waals surface area (Å²) in [7, 11) is 0. The quantitative estimate of drug-likeness (QED) is 0.362. The molecule has 1 saturated carbocycles. The second-order valence-corrected chi connectivity index (χ2v) is 7.94. The van der Waals surface area contributed by atoms with E-state index in [0.717, 1.165) is 17.7 Å². The number of hydrogen-bond acceptors (Lipinski definition) is 7. The fourth-order valence-corrected chi connectivity index (χ4v) is 3.55. The van der Waals surface area contributed by atoms with Crippen molar-refractivity contribution < 1.29 is 14.1 Å². The van der Waals surface area contributed by atoms with Crippen molar-refractivity contribution in [3.05, 3.63) is 75.0 Å². The van der Waals surface area contributed by atoms with Crippen molar-refractivity contribution in [2.45, 2.75) is 25.4 Å². The number of amides is 1. The highest BCUT2D eigenvalue weighted by atomic mass is 32.1. The van der Waals surface area contributed by atoms with Gasteiger partial charge in [0.05, 0.1) is 17.2 Å². The van der Waals surface area contributed by atoms with Gasteiger partial charge in [-0.3, -0.25) is 14.9 Å². The molecule has 1 fully saturated rings. The molecule has 1 heterocycles. The van der Waals surface area contributed by atoms with E-state index in [-0.39, 0.29) is 23.3 Å². The normalized spacial score (nSPS) is 13.0. The highest BCUT2D eigenvalue weighted by Crippen LogP contribution is 2.29. The number of nitro groups is 1. The van der Waals surface area contributed by atoms with E-state index in [1.54, 1.807) is 24.4 Å². The first-order valence-electron chi connectivity index (χ1n) is 9.29. The fraction of sp³-hybridized carbons (Fsp3) is 0.200. The molecule has 0 atom stereocenters. The number of hydrogen-bond donors (Lipinski definition) is 3. The van der Waals surface area contributed by atoms with Crippen molar-refractivity contribution in [2.75, 3.05) is 10.6 Å². The van der Waals surface area contributed by atoms with Gasteiger partial charge in [0.1, 0.15) is 11.5 Å². The molecule has 0 aliphatic heterocycles. The van der Waals surface area contributed by atoms with Gasteiger partial charge < -0.3 is 16.0 Å². The number of nitro benzene ring substituents is 1. The Kier molecular flexibility index (Phi) is 5.57. The number of carbonyl (C=O) groups is 1. The standard InChI is InChI=1S/C20H18FN5O3S/c21-15-8-5-12(19(27)24-13-6-7-13)9-17(15)22-10-14-11-23-20(30-14)25-16-3-1-2-4-18(16)26(28)29/h1-5,8-9,11,13,22H,6-7,10H2,(H,23,25)(H,24,27). The van der Waals surface area contributed by atoms with Crippen LogP contribution in [0.4, 0.5) is 26.6 Å². The van der Waals surface area contributed by atoms with Gasteiger partial charge in [-0.25, -0.2) is 9.37 Å². The Balaban J connectivity index is 1.41. The lowest BCUT2D eigenvalue weighted by Crippen LogP contribution is -2.25. The van der Waals surface area contributed by atoms with E-state index in [1.807, 2.05) is 0 Å². The van der Waals surface area contributed by atoms with Crippen LogP contribution in [-0.4, -0.2) is 21.9 Å². The maximum atomic E-state index is 14.1. The molecule has 0 unspecified atom stereocenters. The zero-order valence-electron chi connectivity index (χ0n) is 15.7. The minimum absolute atomic E-state index is 0.0456. The lowest BCUT2D eigenvalue weighted by atomic mass is 10.1. The van der Waals surface area contributed by atoms with Crippen molar-refractivity contribution >= 4 is 39.4 Å². The highest BCUT2D eigenvalue weighted by molar-refractivity contribution is 7.15. The summed E-state index contributed by atoms with van der Waals surface area (Å²) in [5.41, 5.74) is 0.918. The molecule has 3 aromatic rings. The third kappa shape index (κ3) is 4.71. The summed E-state index contributed by atoms with van der Waals surface area (Å²) in [4.78, 5) is 27.8. The number of anilines is 3. The van der Waals surface area contributed by atoms with Gasteiger partial charge in [0.2, 0.25) is 0 Å². The second kappa shape index (κ2) is 8.46. The van der Waals surface area contributed by atoms with Crippen LogP contribution < -0.4 is 16.0 Å². The molecular formula is C20H18FN5O3S. The third-order valence-electron chi connectivity index (χ3n) is 4.49. The molecule has 8 nitrogen and oxygen atoms in total. The zero-order valence-corrected chi connectivity index (χ0v) is 16.5. The topological polar surface area (TPSA) is 109 Å². The first-order valence-corrected chi connectivity index (χ1v) is 10.1. The maximum Gasteiger partial charge on any atom is 0.292 e. The molecule has 0 bridgehead atoms. The van der Waals surface area contributed by atoms with Crippen molar-refractivity contribution in [3.63, 3.8) is 0 Å². The fourth-order valence-electron chi connectivity index (χ4n) is 2.78. The number of nitrogens with zero attached hydrogens (tertiary/aromatic N) is 2. The summed E-state index contributed by atoms with van der Waals surface area (Å²) in [6.07, 6.45) is 3.56. The monoisotopic (exact) mass is 427 g/mol.